The highest BCUT2D eigenvalue weighted by molar-refractivity contribution is 7.14. The molecule has 0 aliphatic rings. The summed E-state index contributed by atoms with van der Waals surface area (Å²) in [6, 6.07) is 1.78. The first kappa shape index (κ1) is 14.2. The zero-order chi connectivity index (χ0) is 14.8. The molecular weight excluding hydrogens is 291 g/mol. The van der Waals surface area contributed by atoms with E-state index in [9.17, 15) is 18.0 Å². The molecule has 0 atom stereocenters. The molecule has 2 N–H and O–H groups in total. The monoisotopic (exact) mass is 299 g/mol. The molecule has 0 aromatic carbocycles. The highest BCUT2D eigenvalue weighted by atomic mass is 32.1. The molecule has 104 valence electrons. The summed E-state index contributed by atoms with van der Waals surface area (Å²) in [6.45, 7) is 0. The predicted octanol–water partition coefficient (Wildman–Crippen LogP) is 2.72. The van der Waals surface area contributed by atoms with Gasteiger partial charge in [-0.25, -0.2) is 4.98 Å². The van der Waals surface area contributed by atoms with Gasteiger partial charge in [0.25, 0.3) is 0 Å². The van der Waals surface area contributed by atoms with Gasteiger partial charge in [-0.05, 0) is 12.1 Å². The molecule has 0 bridgehead atoms. The highest BCUT2D eigenvalue weighted by Gasteiger charge is 2.31. The number of pyridine rings is 1. The lowest BCUT2D eigenvalue weighted by atomic mass is 10.1. The van der Waals surface area contributed by atoms with Crippen molar-refractivity contribution < 1.29 is 18.0 Å². The lowest BCUT2D eigenvalue weighted by Crippen LogP contribution is -2.06. The second kappa shape index (κ2) is 5.41. The number of aromatic nitrogens is 2. The fraction of sp³-hybridized carbons (Fsp3) is 0.0833. The van der Waals surface area contributed by atoms with Crippen LogP contribution in [0, 0.1) is 0 Å². The lowest BCUT2D eigenvalue weighted by molar-refractivity contribution is -0.137. The third-order valence-electron chi connectivity index (χ3n) is 2.42. The van der Waals surface area contributed by atoms with Gasteiger partial charge >= 0.3 is 6.18 Å². The fourth-order valence-electron chi connectivity index (χ4n) is 1.51. The minimum atomic E-state index is -4.46. The van der Waals surface area contributed by atoms with Crippen LogP contribution < -0.4 is 5.73 Å². The molecule has 0 aliphatic carbocycles. The Bertz CT molecular complexity index is 664. The summed E-state index contributed by atoms with van der Waals surface area (Å²) < 4.78 is 38.0. The SMILES string of the molecule is N/C=C(\c1cc(C(F)(F)F)ccn1)c1cnc(C=O)s1. The Morgan fingerprint density at radius 1 is 1.35 bits per heavy atom. The van der Waals surface area contributed by atoms with E-state index in [1.807, 2.05) is 0 Å². The van der Waals surface area contributed by atoms with Gasteiger partial charge in [-0.2, -0.15) is 13.2 Å². The number of hydrogen-bond acceptors (Lipinski definition) is 5. The van der Waals surface area contributed by atoms with Crippen molar-refractivity contribution in [1.82, 2.24) is 9.97 Å². The van der Waals surface area contributed by atoms with Gasteiger partial charge in [-0.15, -0.1) is 11.3 Å². The molecule has 0 spiro atoms. The number of rotatable bonds is 3. The molecule has 0 aliphatic heterocycles. The van der Waals surface area contributed by atoms with Crippen LogP contribution >= 0.6 is 11.3 Å². The molecule has 0 fully saturated rings. The first-order valence-corrected chi connectivity index (χ1v) is 6.14. The molecule has 8 heteroatoms. The van der Waals surface area contributed by atoms with Crippen molar-refractivity contribution in [3.8, 4) is 0 Å². The Hall–Kier alpha value is -2.22. The fourth-order valence-corrected chi connectivity index (χ4v) is 2.28. The van der Waals surface area contributed by atoms with Crippen LogP contribution in [-0.4, -0.2) is 16.3 Å². The van der Waals surface area contributed by atoms with Crippen LogP contribution in [0.1, 0.15) is 25.9 Å². The Labute approximate surface area is 115 Å². The molecule has 2 aromatic rings. The van der Waals surface area contributed by atoms with Crippen molar-refractivity contribution in [2.45, 2.75) is 6.18 Å². The van der Waals surface area contributed by atoms with Crippen molar-refractivity contribution in [3.63, 3.8) is 0 Å². The van der Waals surface area contributed by atoms with E-state index in [-0.39, 0.29) is 10.7 Å². The van der Waals surface area contributed by atoms with Crippen molar-refractivity contribution in [2.75, 3.05) is 0 Å². The van der Waals surface area contributed by atoms with Crippen LogP contribution in [-0.2, 0) is 6.18 Å². The van der Waals surface area contributed by atoms with Crippen LogP contribution in [0.3, 0.4) is 0 Å². The molecule has 2 aromatic heterocycles. The third kappa shape index (κ3) is 2.85. The number of thiazole rings is 1. The topological polar surface area (TPSA) is 68.9 Å². The predicted molar refractivity (Wildman–Crippen MR) is 68.0 cm³/mol. The highest BCUT2D eigenvalue weighted by Crippen LogP contribution is 2.32. The summed E-state index contributed by atoms with van der Waals surface area (Å²) in [6.07, 6.45) is -0.329. The van der Waals surface area contributed by atoms with Crippen LogP contribution in [0.25, 0.3) is 5.57 Å². The number of carbonyl (C=O) groups excluding carboxylic acids is 1. The molecule has 0 amide bonds. The van der Waals surface area contributed by atoms with E-state index in [1.165, 1.54) is 6.20 Å². The van der Waals surface area contributed by atoms with Gasteiger partial charge < -0.3 is 5.73 Å². The molecule has 0 unspecified atom stereocenters. The Kier molecular flexibility index (Phi) is 3.84. The van der Waals surface area contributed by atoms with Crippen molar-refractivity contribution in [3.05, 3.63) is 51.9 Å². The van der Waals surface area contributed by atoms with E-state index in [4.69, 9.17) is 5.73 Å². The molecule has 0 saturated heterocycles. The Morgan fingerprint density at radius 3 is 2.65 bits per heavy atom. The van der Waals surface area contributed by atoms with Crippen molar-refractivity contribution in [1.29, 1.82) is 0 Å². The maximum atomic E-state index is 12.7. The number of carbonyl (C=O) groups is 1. The van der Waals surface area contributed by atoms with E-state index < -0.39 is 11.7 Å². The second-order valence-corrected chi connectivity index (χ2v) is 4.75. The largest absolute Gasteiger partial charge is 0.416 e. The van der Waals surface area contributed by atoms with Crippen LogP contribution in [0.4, 0.5) is 13.2 Å². The van der Waals surface area contributed by atoms with E-state index in [1.54, 1.807) is 0 Å². The standard InChI is InChI=1S/C12H8F3N3OS/c13-12(14,15)7-1-2-17-9(3-7)8(4-16)10-5-18-11(6-19)20-10/h1-6H,16H2/b8-4+. The summed E-state index contributed by atoms with van der Waals surface area (Å²) in [7, 11) is 0. The molecule has 4 nitrogen and oxygen atoms in total. The van der Waals surface area contributed by atoms with E-state index in [0.717, 1.165) is 35.9 Å². The van der Waals surface area contributed by atoms with Gasteiger partial charge in [0.2, 0.25) is 0 Å². The zero-order valence-corrected chi connectivity index (χ0v) is 10.7. The van der Waals surface area contributed by atoms with Crippen molar-refractivity contribution in [2.24, 2.45) is 5.73 Å². The van der Waals surface area contributed by atoms with Crippen molar-refractivity contribution >= 4 is 23.2 Å². The average Bonchev–Trinajstić information content (AvgIpc) is 2.88. The van der Waals surface area contributed by atoms with Crippen LogP contribution in [0.15, 0.2) is 30.7 Å². The third-order valence-corrected chi connectivity index (χ3v) is 3.38. The van der Waals surface area contributed by atoms with Gasteiger partial charge in [0.05, 0.1) is 16.1 Å². The maximum absolute atomic E-state index is 12.7. The van der Waals surface area contributed by atoms with Gasteiger partial charge in [-0.1, -0.05) is 0 Å². The Balaban J connectivity index is 2.45. The summed E-state index contributed by atoms with van der Waals surface area (Å²) in [5.74, 6) is 0. The minimum Gasteiger partial charge on any atom is -0.404 e. The number of aldehydes is 1. The first-order chi connectivity index (χ1) is 9.45. The average molecular weight is 299 g/mol. The Morgan fingerprint density at radius 2 is 2.10 bits per heavy atom. The van der Waals surface area contributed by atoms with Crippen LogP contribution in [0.2, 0.25) is 0 Å². The summed E-state index contributed by atoms with van der Waals surface area (Å²) in [5, 5.41) is 0.214. The number of halogens is 3. The number of alkyl halides is 3. The van der Waals surface area contributed by atoms with Crippen LogP contribution in [0.5, 0.6) is 0 Å². The van der Waals surface area contributed by atoms with Gasteiger partial charge in [0.15, 0.2) is 11.3 Å². The van der Waals surface area contributed by atoms with Gasteiger partial charge in [0.1, 0.15) is 0 Å². The second-order valence-electron chi connectivity index (χ2n) is 3.69. The number of nitrogens with zero attached hydrogens (tertiary/aromatic N) is 2. The van der Waals surface area contributed by atoms with E-state index >= 15 is 0 Å². The molecule has 0 radical (unpaired) electrons. The summed E-state index contributed by atoms with van der Waals surface area (Å²) in [5.41, 5.74) is 5.00. The van der Waals surface area contributed by atoms with E-state index in [2.05, 4.69) is 9.97 Å². The number of nitrogens with two attached hydrogens (primary N) is 1. The zero-order valence-electron chi connectivity index (χ0n) is 9.89. The molecule has 20 heavy (non-hydrogen) atoms. The first-order valence-electron chi connectivity index (χ1n) is 5.32. The van der Waals surface area contributed by atoms with Gasteiger partial charge in [-0.3, -0.25) is 9.78 Å². The summed E-state index contributed by atoms with van der Waals surface area (Å²) in [4.78, 5) is 18.7. The molecule has 0 saturated carbocycles. The quantitative estimate of drug-likeness (QED) is 0.885. The van der Waals surface area contributed by atoms with Gasteiger partial charge in [0, 0.05) is 24.2 Å². The molecule has 2 heterocycles. The smallest absolute Gasteiger partial charge is 0.404 e. The normalized spacial score (nSPS) is 12.4. The summed E-state index contributed by atoms with van der Waals surface area (Å²) >= 11 is 1.03. The number of hydrogen-bond donors (Lipinski definition) is 1. The lowest BCUT2D eigenvalue weighted by Gasteiger charge is -2.09. The molecule has 2 rings (SSSR count). The maximum Gasteiger partial charge on any atom is 0.416 e. The molecular formula is C12H8F3N3OS. The minimum absolute atomic E-state index is 0.0726. The van der Waals surface area contributed by atoms with E-state index in [0.29, 0.717) is 16.7 Å².